The van der Waals surface area contributed by atoms with E-state index in [0.717, 1.165) is 22.8 Å². The van der Waals surface area contributed by atoms with Gasteiger partial charge in [0, 0.05) is 23.6 Å². The van der Waals surface area contributed by atoms with Gasteiger partial charge in [0.2, 0.25) is 0 Å². The number of ether oxygens (including phenoxy) is 1. The quantitative estimate of drug-likeness (QED) is 0.485. The summed E-state index contributed by atoms with van der Waals surface area (Å²) in [5, 5.41) is 2.68. The summed E-state index contributed by atoms with van der Waals surface area (Å²) in [7, 11) is 0. The lowest BCUT2D eigenvalue weighted by molar-refractivity contribution is -0.274. The third-order valence-corrected chi connectivity index (χ3v) is 4.50. The summed E-state index contributed by atoms with van der Waals surface area (Å²) in [4.78, 5) is 17.2. The zero-order valence-corrected chi connectivity index (χ0v) is 15.8. The number of aryl methyl sites for hydroxylation is 1. The molecule has 5 nitrogen and oxygen atoms in total. The zero-order chi connectivity index (χ0) is 21.3. The van der Waals surface area contributed by atoms with Gasteiger partial charge in [0.05, 0.1) is 11.3 Å². The molecular weight excluding hydrogens is 395 g/mol. The van der Waals surface area contributed by atoms with Gasteiger partial charge in [-0.05, 0) is 42.8 Å². The number of hydrogen-bond donors (Lipinski definition) is 1. The monoisotopic (exact) mass is 411 g/mol. The molecule has 30 heavy (non-hydrogen) atoms. The van der Waals surface area contributed by atoms with Gasteiger partial charge >= 0.3 is 6.36 Å². The Kier molecular flexibility index (Phi) is 4.91. The number of aromatic nitrogens is 2. The van der Waals surface area contributed by atoms with Gasteiger partial charge in [-0.15, -0.1) is 13.2 Å². The molecule has 0 atom stereocenters. The molecule has 0 saturated heterocycles. The second kappa shape index (κ2) is 7.55. The van der Waals surface area contributed by atoms with Crippen molar-refractivity contribution in [1.29, 1.82) is 0 Å². The first-order valence-corrected chi connectivity index (χ1v) is 9.01. The highest BCUT2D eigenvalue weighted by Crippen LogP contribution is 2.29. The summed E-state index contributed by atoms with van der Waals surface area (Å²) >= 11 is 0. The van der Waals surface area contributed by atoms with Crippen molar-refractivity contribution in [3.63, 3.8) is 0 Å². The Hall–Kier alpha value is -3.81. The molecule has 0 unspecified atom stereocenters. The molecule has 4 aromatic rings. The van der Waals surface area contributed by atoms with Crippen molar-refractivity contribution < 1.29 is 22.7 Å². The summed E-state index contributed by atoms with van der Waals surface area (Å²) in [6.45, 7) is 1.79. The Balaban J connectivity index is 1.64. The molecule has 0 aliphatic carbocycles. The average Bonchev–Trinajstić information content (AvgIpc) is 3.13. The van der Waals surface area contributed by atoms with Gasteiger partial charge in [0.15, 0.2) is 0 Å². The topological polar surface area (TPSA) is 55.6 Å². The molecule has 1 amide bonds. The number of para-hydroxylation sites is 1. The van der Waals surface area contributed by atoms with E-state index in [2.05, 4.69) is 15.0 Å². The Morgan fingerprint density at radius 3 is 2.60 bits per heavy atom. The zero-order valence-electron chi connectivity index (χ0n) is 15.8. The van der Waals surface area contributed by atoms with Crippen molar-refractivity contribution in [3.05, 3.63) is 84.2 Å². The smallest absolute Gasteiger partial charge is 0.405 e. The number of imidazole rings is 1. The van der Waals surface area contributed by atoms with E-state index in [1.54, 1.807) is 13.0 Å². The molecule has 2 aromatic carbocycles. The van der Waals surface area contributed by atoms with Crippen LogP contribution < -0.4 is 10.1 Å². The molecule has 2 heterocycles. The standard InChI is InChI=1S/C22H16F3N3O2/c1-14-9-10-15(18-13-28-11-5-4-8-20(28)26-18)12-17(14)27-21(29)16-6-2-3-7-19(16)30-22(23,24)25/h2-13H,1H3,(H,27,29). The van der Waals surface area contributed by atoms with E-state index in [9.17, 15) is 18.0 Å². The molecule has 0 fully saturated rings. The van der Waals surface area contributed by atoms with Crippen LogP contribution in [0, 0.1) is 6.92 Å². The number of nitrogens with zero attached hydrogens (tertiary/aromatic N) is 2. The summed E-state index contributed by atoms with van der Waals surface area (Å²) in [5.41, 5.74) is 3.25. The lowest BCUT2D eigenvalue weighted by Crippen LogP contribution is -2.21. The third kappa shape index (κ3) is 4.12. The number of amides is 1. The number of halogens is 3. The summed E-state index contributed by atoms with van der Waals surface area (Å²) in [6, 6.07) is 16.3. The fourth-order valence-corrected chi connectivity index (χ4v) is 3.05. The number of carbonyl (C=O) groups excluding carboxylic acids is 1. The van der Waals surface area contributed by atoms with Crippen molar-refractivity contribution in [1.82, 2.24) is 9.38 Å². The predicted octanol–water partition coefficient (Wildman–Crippen LogP) is 5.46. The lowest BCUT2D eigenvalue weighted by atomic mass is 10.1. The molecule has 1 N–H and O–H groups in total. The number of rotatable bonds is 4. The molecule has 0 aliphatic heterocycles. The van der Waals surface area contributed by atoms with Gasteiger partial charge < -0.3 is 14.5 Å². The molecule has 8 heteroatoms. The van der Waals surface area contributed by atoms with Crippen LogP contribution in [-0.2, 0) is 0 Å². The minimum atomic E-state index is -4.89. The molecule has 0 radical (unpaired) electrons. The van der Waals surface area contributed by atoms with Crippen LogP contribution in [0.1, 0.15) is 15.9 Å². The maximum Gasteiger partial charge on any atom is 0.573 e. The third-order valence-electron chi connectivity index (χ3n) is 4.50. The van der Waals surface area contributed by atoms with Gasteiger partial charge in [-0.3, -0.25) is 4.79 Å². The Labute approximate surface area is 169 Å². The van der Waals surface area contributed by atoms with Crippen LogP contribution in [0.2, 0.25) is 0 Å². The van der Waals surface area contributed by atoms with E-state index in [-0.39, 0.29) is 5.56 Å². The lowest BCUT2D eigenvalue weighted by Gasteiger charge is -2.14. The predicted molar refractivity (Wildman–Crippen MR) is 106 cm³/mol. The molecule has 0 spiro atoms. The maximum absolute atomic E-state index is 12.7. The fraction of sp³-hybridized carbons (Fsp3) is 0.0909. The first-order valence-electron chi connectivity index (χ1n) is 9.01. The van der Waals surface area contributed by atoms with E-state index < -0.39 is 18.0 Å². The van der Waals surface area contributed by atoms with Crippen LogP contribution in [0.4, 0.5) is 18.9 Å². The Morgan fingerprint density at radius 2 is 1.83 bits per heavy atom. The molecule has 2 aromatic heterocycles. The second-order valence-corrected chi connectivity index (χ2v) is 6.62. The number of fused-ring (bicyclic) bond motifs is 1. The summed E-state index contributed by atoms with van der Waals surface area (Å²) in [5.74, 6) is -1.26. The number of nitrogens with one attached hydrogen (secondary N) is 1. The van der Waals surface area contributed by atoms with Gasteiger partial charge in [-0.25, -0.2) is 4.98 Å². The number of alkyl halides is 3. The normalized spacial score (nSPS) is 11.5. The SMILES string of the molecule is Cc1ccc(-c2cn3ccccc3n2)cc1NC(=O)c1ccccc1OC(F)(F)F. The van der Waals surface area contributed by atoms with Crippen LogP contribution in [0.25, 0.3) is 16.9 Å². The molecule has 0 aliphatic rings. The van der Waals surface area contributed by atoms with E-state index >= 15 is 0 Å². The van der Waals surface area contributed by atoms with Crippen molar-refractivity contribution >= 4 is 17.2 Å². The highest BCUT2D eigenvalue weighted by Gasteiger charge is 2.32. The van der Waals surface area contributed by atoms with Crippen LogP contribution in [0.5, 0.6) is 5.75 Å². The Bertz CT molecular complexity index is 1200. The van der Waals surface area contributed by atoms with Gasteiger partial charge in [-0.2, -0.15) is 0 Å². The number of anilines is 1. The van der Waals surface area contributed by atoms with Crippen molar-refractivity contribution in [2.24, 2.45) is 0 Å². The first-order chi connectivity index (χ1) is 14.3. The van der Waals surface area contributed by atoms with Crippen molar-refractivity contribution in [2.75, 3.05) is 5.32 Å². The second-order valence-electron chi connectivity index (χ2n) is 6.62. The molecular formula is C22H16F3N3O2. The highest BCUT2D eigenvalue weighted by atomic mass is 19.4. The molecule has 0 bridgehead atoms. The van der Waals surface area contributed by atoms with E-state index in [0.29, 0.717) is 11.4 Å². The Morgan fingerprint density at radius 1 is 1.07 bits per heavy atom. The summed E-state index contributed by atoms with van der Waals surface area (Å²) < 4.78 is 43.8. The first kappa shape index (κ1) is 19.5. The molecule has 152 valence electrons. The minimum Gasteiger partial charge on any atom is -0.405 e. The van der Waals surface area contributed by atoms with Crippen LogP contribution in [0.3, 0.4) is 0 Å². The summed E-state index contributed by atoms with van der Waals surface area (Å²) in [6.07, 6.45) is -1.16. The number of hydrogen-bond acceptors (Lipinski definition) is 3. The largest absolute Gasteiger partial charge is 0.573 e. The van der Waals surface area contributed by atoms with Crippen LogP contribution in [-0.4, -0.2) is 21.7 Å². The van der Waals surface area contributed by atoms with E-state index in [1.165, 1.54) is 18.2 Å². The molecule has 0 saturated carbocycles. The number of pyridine rings is 1. The highest BCUT2D eigenvalue weighted by molar-refractivity contribution is 6.06. The van der Waals surface area contributed by atoms with Crippen LogP contribution in [0.15, 0.2) is 73.1 Å². The van der Waals surface area contributed by atoms with Gasteiger partial charge in [0.25, 0.3) is 5.91 Å². The maximum atomic E-state index is 12.7. The minimum absolute atomic E-state index is 0.215. The van der Waals surface area contributed by atoms with Crippen molar-refractivity contribution in [2.45, 2.75) is 13.3 Å². The van der Waals surface area contributed by atoms with Gasteiger partial charge in [-0.1, -0.05) is 30.3 Å². The number of carbonyl (C=O) groups is 1. The van der Waals surface area contributed by atoms with E-state index in [4.69, 9.17) is 0 Å². The fourth-order valence-electron chi connectivity index (χ4n) is 3.05. The van der Waals surface area contributed by atoms with E-state index in [1.807, 2.05) is 47.1 Å². The number of benzene rings is 2. The van der Waals surface area contributed by atoms with Gasteiger partial charge in [0.1, 0.15) is 11.4 Å². The molecule has 4 rings (SSSR count). The van der Waals surface area contributed by atoms with Crippen molar-refractivity contribution in [3.8, 4) is 17.0 Å². The van der Waals surface area contributed by atoms with Crippen LogP contribution >= 0.6 is 0 Å². The average molecular weight is 411 g/mol.